The molecule has 2 rings (SSSR count). The van der Waals surface area contributed by atoms with Gasteiger partial charge < -0.3 is 5.73 Å². The predicted molar refractivity (Wildman–Crippen MR) is 85.4 cm³/mol. The summed E-state index contributed by atoms with van der Waals surface area (Å²) in [5, 5.41) is 0.410. The van der Waals surface area contributed by atoms with Gasteiger partial charge in [-0.1, -0.05) is 30.1 Å². The van der Waals surface area contributed by atoms with Crippen LogP contribution in [0.15, 0.2) is 24.3 Å². The minimum absolute atomic E-state index is 0.0129. The van der Waals surface area contributed by atoms with Crippen molar-refractivity contribution in [2.75, 3.05) is 0 Å². The number of hydrogen-bond donors (Lipinski definition) is 1. The van der Waals surface area contributed by atoms with Gasteiger partial charge in [-0.2, -0.15) is 0 Å². The van der Waals surface area contributed by atoms with Crippen molar-refractivity contribution < 1.29 is 4.39 Å². The molecule has 108 valence electrons. The summed E-state index contributed by atoms with van der Waals surface area (Å²) in [6.07, 6.45) is 1.61. The van der Waals surface area contributed by atoms with Crippen LogP contribution in [0.4, 0.5) is 4.39 Å². The largest absolute Gasteiger partial charge is 0.321 e. The van der Waals surface area contributed by atoms with Crippen molar-refractivity contribution in [1.82, 2.24) is 0 Å². The van der Waals surface area contributed by atoms with Crippen molar-refractivity contribution in [3.8, 4) is 0 Å². The molecule has 0 radical (unpaired) electrons. The van der Waals surface area contributed by atoms with Gasteiger partial charge in [-0.05, 0) is 43.2 Å². The van der Waals surface area contributed by atoms with Crippen molar-refractivity contribution in [3.63, 3.8) is 0 Å². The summed E-state index contributed by atoms with van der Waals surface area (Å²) in [5.41, 5.74) is 6.19. The fraction of sp³-hybridized carbons (Fsp3) is 0.333. The first-order valence-corrected chi connectivity index (χ1v) is 7.92. The minimum Gasteiger partial charge on any atom is -0.321 e. The lowest BCUT2D eigenvalue weighted by Gasteiger charge is -2.26. The van der Waals surface area contributed by atoms with E-state index >= 15 is 0 Å². The van der Waals surface area contributed by atoms with Crippen LogP contribution in [0.5, 0.6) is 0 Å². The predicted octanol–water partition coefficient (Wildman–Crippen LogP) is 5.17. The van der Waals surface area contributed by atoms with Gasteiger partial charge in [0.25, 0.3) is 0 Å². The molecular formula is C15H16Cl2FNS. The van der Waals surface area contributed by atoms with Crippen molar-refractivity contribution in [3.05, 3.63) is 55.4 Å². The molecule has 1 heterocycles. The van der Waals surface area contributed by atoms with Gasteiger partial charge in [0.15, 0.2) is 0 Å². The first-order valence-electron chi connectivity index (χ1n) is 6.35. The van der Waals surface area contributed by atoms with Gasteiger partial charge in [0.05, 0.1) is 5.02 Å². The summed E-state index contributed by atoms with van der Waals surface area (Å²) < 4.78 is 13.6. The van der Waals surface area contributed by atoms with Crippen LogP contribution in [0, 0.1) is 5.82 Å². The Morgan fingerprint density at radius 1 is 1.20 bits per heavy atom. The van der Waals surface area contributed by atoms with Gasteiger partial charge in [0, 0.05) is 26.7 Å². The Bertz CT molecular complexity index is 622. The third kappa shape index (κ3) is 3.34. The summed E-state index contributed by atoms with van der Waals surface area (Å²) in [6, 6.07) is 6.90. The van der Waals surface area contributed by atoms with Gasteiger partial charge >= 0.3 is 0 Å². The molecular weight excluding hydrogens is 316 g/mol. The molecule has 0 aliphatic carbocycles. The summed E-state index contributed by atoms with van der Waals surface area (Å²) >= 11 is 13.6. The lowest BCUT2D eigenvalue weighted by atomic mass is 9.89. The number of rotatable bonds is 4. The topological polar surface area (TPSA) is 26.0 Å². The van der Waals surface area contributed by atoms with Gasteiger partial charge in [0.2, 0.25) is 0 Å². The first kappa shape index (κ1) is 15.8. The number of aryl methyl sites for hydroxylation is 1. The average Bonchev–Trinajstić information content (AvgIpc) is 2.80. The third-order valence-electron chi connectivity index (χ3n) is 3.23. The highest BCUT2D eigenvalue weighted by Gasteiger charge is 2.26. The van der Waals surface area contributed by atoms with Crippen LogP contribution < -0.4 is 5.73 Å². The molecule has 0 aliphatic heterocycles. The molecule has 1 aromatic carbocycles. The Hall–Kier alpha value is -0.610. The van der Waals surface area contributed by atoms with E-state index in [2.05, 4.69) is 19.1 Å². The van der Waals surface area contributed by atoms with E-state index < -0.39 is 11.4 Å². The van der Waals surface area contributed by atoms with E-state index in [0.29, 0.717) is 17.0 Å². The zero-order valence-electron chi connectivity index (χ0n) is 11.3. The molecule has 1 aromatic heterocycles. The van der Waals surface area contributed by atoms with Crippen LogP contribution in [0.25, 0.3) is 0 Å². The molecule has 20 heavy (non-hydrogen) atoms. The maximum absolute atomic E-state index is 13.6. The van der Waals surface area contributed by atoms with E-state index in [4.69, 9.17) is 28.9 Å². The van der Waals surface area contributed by atoms with E-state index in [0.717, 1.165) is 6.42 Å². The molecule has 0 amide bonds. The zero-order chi connectivity index (χ0) is 14.9. The second-order valence-electron chi connectivity index (χ2n) is 5.06. The lowest BCUT2D eigenvalue weighted by molar-refractivity contribution is 0.490. The molecule has 0 spiro atoms. The highest BCUT2D eigenvalue weighted by atomic mass is 35.5. The van der Waals surface area contributed by atoms with Crippen LogP contribution in [0.2, 0.25) is 10.0 Å². The quantitative estimate of drug-likeness (QED) is 0.768. The minimum atomic E-state index is -0.738. The van der Waals surface area contributed by atoms with Crippen LogP contribution in [0.1, 0.15) is 29.2 Å². The van der Waals surface area contributed by atoms with E-state index in [9.17, 15) is 4.39 Å². The van der Waals surface area contributed by atoms with E-state index in [1.54, 1.807) is 11.3 Å². The van der Waals surface area contributed by atoms with Crippen molar-refractivity contribution in [1.29, 1.82) is 0 Å². The molecule has 0 bridgehead atoms. The second kappa shape index (κ2) is 6.02. The smallest absolute Gasteiger partial charge is 0.142 e. The Kier molecular flexibility index (Phi) is 4.75. The molecule has 2 aromatic rings. The van der Waals surface area contributed by atoms with Crippen LogP contribution in [-0.2, 0) is 18.4 Å². The molecule has 1 nitrogen and oxygen atoms in total. The Labute approximate surface area is 132 Å². The maximum Gasteiger partial charge on any atom is 0.142 e. The molecule has 1 atom stereocenters. The summed E-state index contributed by atoms with van der Waals surface area (Å²) in [7, 11) is 0. The zero-order valence-corrected chi connectivity index (χ0v) is 13.7. The van der Waals surface area contributed by atoms with Gasteiger partial charge in [-0.3, -0.25) is 0 Å². The second-order valence-corrected chi connectivity index (χ2v) is 7.13. The fourth-order valence-corrected chi connectivity index (χ4v) is 3.85. The van der Waals surface area contributed by atoms with E-state index in [1.165, 1.54) is 21.9 Å². The number of thiophene rings is 1. The number of hydrogen-bond acceptors (Lipinski definition) is 2. The van der Waals surface area contributed by atoms with Crippen molar-refractivity contribution >= 4 is 34.5 Å². The Morgan fingerprint density at radius 3 is 2.45 bits per heavy atom. The average molecular weight is 332 g/mol. The van der Waals surface area contributed by atoms with Crippen molar-refractivity contribution in [2.45, 2.75) is 32.2 Å². The SMILES string of the molecule is CCc1ccc(CC(C)(N)c2cc(F)c(Cl)cc2Cl)s1. The van der Waals surface area contributed by atoms with Gasteiger partial charge in [-0.25, -0.2) is 4.39 Å². The lowest BCUT2D eigenvalue weighted by Crippen LogP contribution is -2.35. The molecule has 0 fully saturated rings. The summed E-state index contributed by atoms with van der Waals surface area (Å²) in [5.74, 6) is -0.497. The summed E-state index contributed by atoms with van der Waals surface area (Å²) in [4.78, 5) is 2.47. The highest BCUT2D eigenvalue weighted by molar-refractivity contribution is 7.12. The highest BCUT2D eigenvalue weighted by Crippen LogP contribution is 2.34. The third-order valence-corrected chi connectivity index (χ3v) is 5.06. The Morgan fingerprint density at radius 2 is 1.85 bits per heavy atom. The van der Waals surface area contributed by atoms with Gasteiger partial charge in [0.1, 0.15) is 5.82 Å². The molecule has 0 saturated carbocycles. The molecule has 5 heteroatoms. The summed E-state index contributed by atoms with van der Waals surface area (Å²) in [6.45, 7) is 3.97. The van der Waals surface area contributed by atoms with Crippen LogP contribution in [0.3, 0.4) is 0 Å². The van der Waals surface area contributed by atoms with E-state index in [-0.39, 0.29) is 5.02 Å². The fourth-order valence-electron chi connectivity index (χ4n) is 2.12. The molecule has 1 unspecified atom stereocenters. The molecule has 0 aliphatic rings. The standard InChI is InChI=1S/C15H16Cl2FNS/c1-3-9-4-5-10(20-9)8-15(2,19)11-6-14(18)13(17)7-12(11)16/h4-7H,3,8,19H2,1-2H3. The normalized spacial score (nSPS) is 14.3. The molecule has 2 N–H and O–H groups in total. The van der Waals surface area contributed by atoms with E-state index in [1.807, 2.05) is 6.92 Å². The number of halogens is 3. The van der Waals surface area contributed by atoms with Crippen LogP contribution in [-0.4, -0.2) is 0 Å². The monoisotopic (exact) mass is 331 g/mol. The maximum atomic E-state index is 13.6. The first-order chi connectivity index (χ1) is 9.33. The number of benzene rings is 1. The number of nitrogens with two attached hydrogens (primary N) is 1. The van der Waals surface area contributed by atoms with Crippen molar-refractivity contribution in [2.24, 2.45) is 5.73 Å². The van der Waals surface area contributed by atoms with Crippen LogP contribution >= 0.6 is 34.5 Å². The van der Waals surface area contributed by atoms with Gasteiger partial charge in [-0.15, -0.1) is 11.3 Å². The molecule has 0 saturated heterocycles. The Balaban J connectivity index is 2.32.